The Kier molecular flexibility index (Phi) is 1.54. The van der Waals surface area contributed by atoms with Crippen LogP contribution in [0.4, 0.5) is 0 Å². The zero-order chi connectivity index (χ0) is 6.74. The van der Waals surface area contributed by atoms with Crippen LogP contribution in [0.3, 0.4) is 0 Å². The van der Waals surface area contributed by atoms with Gasteiger partial charge in [-0.1, -0.05) is 6.08 Å². The van der Waals surface area contributed by atoms with Crippen molar-refractivity contribution >= 4 is 0 Å². The standard InChI is InChI=1S/C7H9NO/c8-6-7(9)4-2-1-3-5-7/h2,4,9H,1,3,5H2. The summed E-state index contributed by atoms with van der Waals surface area (Å²) in [6, 6.07) is 1.85. The fourth-order valence-corrected chi connectivity index (χ4v) is 0.944. The maximum Gasteiger partial charge on any atom is 0.169 e. The van der Waals surface area contributed by atoms with E-state index in [-0.39, 0.29) is 0 Å². The Morgan fingerprint density at radius 3 is 2.78 bits per heavy atom. The van der Waals surface area contributed by atoms with Crippen LogP contribution in [0.2, 0.25) is 0 Å². The topological polar surface area (TPSA) is 44.0 Å². The minimum atomic E-state index is -1.15. The van der Waals surface area contributed by atoms with Crippen LogP contribution in [-0.4, -0.2) is 10.7 Å². The largest absolute Gasteiger partial charge is 0.372 e. The number of allylic oxidation sites excluding steroid dienone is 1. The van der Waals surface area contributed by atoms with Gasteiger partial charge in [0.05, 0.1) is 0 Å². The van der Waals surface area contributed by atoms with Crippen LogP contribution in [0.25, 0.3) is 0 Å². The smallest absolute Gasteiger partial charge is 0.169 e. The second-order valence-corrected chi connectivity index (χ2v) is 2.33. The molecule has 0 saturated heterocycles. The quantitative estimate of drug-likeness (QED) is 0.385. The van der Waals surface area contributed by atoms with Crippen molar-refractivity contribution < 1.29 is 5.11 Å². The molecule has 48 valence electrons. The highest BCUT2D eigenvalue weighted by atomic mass is 16.3. The first-order chi connectivity index (χ1) is 4.27. The third-order valence-corrected chi connectivity index (χ3v) is 1.52. The van der Waals surface area contributed by atoms with E-state index in [2.05, 4.69) is 0 Å². The molecule has 0 bridgehead atoms. The van der Waals surface area contributed by atoms with Crippen molar-refractivity contribution in [3.8, 4) is 6.07 Å². The molecular weight excluding hydrogens is 114 g/mol. The van der Waals surface area contributed by atoms with Crippen molar-refractivity contribution in [1.29, 1.82) is 5.26 Å². The lowest BCUT2D eigenvalue weighted by Gasteiger charge is -2.18. The van der Waals surface area contributed by atoms with E-state index >= 15 is 0 Å². The van der Waals surface area contributed by atoms with Gasteiger partial charge in [-0.3, -0.25) is 0 Å². The Labute approximate surface area is 54.4 Å². The third-order valence-electron chi connectivity index (χ3n) is 1.52. The molecule has 9 heavy (non-hydrogen) atoms. The molecule has 0 aromatic heterocycles. The molecule has 1 aliphatic carbocycles. The minimum absolute atomic E-state index is 0.583. The molecule has 0 saturated carbocycles. The Bertz CT molecular complexity index is 168. The van der Waals surface area contributed by atoms with Gasteiger partial charge in [-0.25, -0.2) is 0 Å². The predicted octanol–water partition coefficient (Wildman–Crippen LogP) is 0.981. The lowest BCUT2D eigenvalue weighted by Crippen LogP contribution is -2.24. The maximum atomic E-state index is 9.23. The molecular formula is C7H9NO. The van der Waals surface area contributed by atoms with E-state index in [9.17, 15) is 5.11 Å². The average Bonchev–Trinajstić information content (AvgIpc) is 1.90. The summed E-state index contributed by atoms with van der Waals surface area (Å²) in [6.07, 6.45) is 5.92. The van der Waals surface area contributed by atoms with Gasteiger partial charge in [0.25, 0.3) is 0 Å². The van der Waals surface area contributed by atoms with E-state index in [1.54, 1.807) is 6.08 Å². The highest BCUT2D eigenvalue weighted by Gasteiger charge is 2.23. The van der Waals surface area contributed by atoms with Gasteiger partial charge in [0.15, 0.2) is 5.60 Å². The van der Waals surface area contributed by atoms with E-state index in [4.69, 9.17) is 5.26 Å². The molecule has 1 unspecified atom stereocenters. The van der Waals surface area contributed by atoms with Crippen molar-refractivity contribution in [3.05, 3.63) is 12.2 Å². The summed E-state index contributed by atoms with van der Waals surface area (Å²) in [5.74, 6) is 0. The molecule has 0 aromatic rings. The fraction of sp³-hybridized carbons (Fsp3) is 0.571. The van der Waals surface area contributed by atoms with Crippen LogP contribution in [0, 0.1) is 11.3 Å². The highest BCUT2D eigenvalue weighted by Crippen LogP contribution is 2.20. The second-order valence-electron chi connectivity index (χ2n) is 2.33. The number of nitriles is 1. The Hall–Kier alpha value is -0.810. The van der Waals surface area contributed by atoms with Gasteiger partial charge in [-0.2, -0.15) is 5.26 Å². The van der Waals surface area contributed by atoms with Crippen molar-refractivity contribution in [2.75, 3.05) is 0 Å². The Balaban J connectivity index is 2.70. The van der Waals surface area contributed by atoms with Crippen LogP contribution in [0.1, 0.15) is 19.3 Å². The maximum absolute atomic E-state index is 9.23. The number of aliphatic hydroxyl groups is 1. The first kappa shape index (κ1) is 6.31. The first-order valence-electron chi connectivity index (χ1n) is 3.08. The SMILES string of the molecule is N#CC1(O)C=CCCC1. The molecule has 0 amide bonds. The van der Waals surface area contributed by atoms with Gasteiger partial charge in [-0.05, 0) is 25.3 Å². The molecule has 1 atom stereocenters. The Morgan fingerprint density at radius 1 is 1.67 bits per heavy atom. The van der Waals surface area contributed by atoms with Crippen LogP contribution in [0.5, 0.6) is 0 Å². The molecule has 2 nitrogen and oxygen atoms in total. The Morgan fingerprint density at radius 2 is 2.44 bits per heavy atom. The first-order valence-corrected chi connectivity index (χ1v) is 3.08. The molecule has 1 N–H and O–H groups in total. The van der Waals surface area contributed by atoms with Gasteiger partial charge in [0.2, 0.25) is 0 Å². The summed E-state index contributed by atoms with van der Waals surface area (Å²) in [5.41, 5.74) is -1.15. The normalized spacial score (nSPS) is 33.8. The monoisotopic (exact) mass is 123 g/mol. The van der Waals surface area contributed by atoms with Gasteiger partial charge in [-0.15, -0.1) is 0 Å². The van der Waals surface area contributed by atoms with Gasteiger partial charge >= 0.3 is 0 Å². The van der Waals surface area contributed by atoms with Crippen molar-refractivity contribution in [2.45, 2.75) is 24.9 Å². The molecule has 0 fully saturated rings. The van der Waals surface area contributed by atoms with E-state index in [1.165, 1.54) is 0 Å². The molecule has 1 aliphatic rings. The third kappa shape index (κ3) is 1.30. The molecule has 0 spiro atoms. The number of rotatable bonds is 0. The van der Waals surface area contributed by atoms with Crippen LogP contribution in [0.15, 0.2) is 12.2 Å². The average molecular weight is 123 g/mol. The zero-order valence-electron chi connectivity index (χ0n) is 5.17. The molecule has 0 radical (unpaired) electrons. The van der Waals surface area contributed by atoms with Gasteiger partial charge in [0, 0.05) is 0 Å². The molecule has 0 aromatic carbocycles. The fourth-order valence-electron chi connectivity index (χ4n) is 0.944. The van der Waals surface area contributed by atoms with Crippen molar-refractivity contribution in [2.24, 2.45) is 0 Å². The van der Waals surface area contributed by atoms with E-state index in [0.29, 0.717) is 6.42 Å². The molecule has 1 rings (SSSR count). The van der Waals surface area contributed by atoms with Crippen LogP contribution in [-0.2, 0) is 0 Å². The number of hydrogen-bond donors (Lipinski definition) is 1. The summed E-state index contributed by atoms with van der Waals surface area (Å²) in [4.78, 5) is 0. The summed E-state index contributed by atoms with van der Waals surface area (Å²) >= 11 is 0. The summed E-state index contributed by atoms with van der Waals surface area (Å²) in [6.45, 7) is 0. The van der Waals surface area contributed by atoms with Crippen molar-refractivity contribution in [1.82, 2.24) is 0 Å². The van der Waals surface area contributed by atoms with Crippen molar-refractivity contribution in [3.63, 3.8) is 0 Å². The summed E-state index contributed by atoms with van der Waals surface area (Å²) in [7, 11) is 0. The van der Waals surface area contributed by atoms with E-state index < -0.39 is 5.60 Å². The molecule has 2 heteroatoms. The lowest BCUT2D eigenvalue weighted by atomic mass is 9.93. The predicted molar refractivity (Wildman–Crippen MR) is 33.6 cm³/mol. The summed E-state index contributed by atoms with van der Waals surface area (Å²) in [5, 5.41) is 17.6. The second kappa shape index (κ2) is 2.20. The van der Waals surface area contributed by atoms with Crippen LogP contribution < -0.4 is 0 Å². The van der Waals surface area contributed by atoms with E-state index in [0.717, 1.165) is 12.8 Å². The summed E-state index contributed by atoms with van der Waals surface area (Å²) < 4.78 is 0. The number of nitrogens with zero attached hydrogens (tertiary/aromatic N) is 1. The minimum Gasteiger partial charge on any atom is -0.372 e. The van der Waals surface area contributed by atoms with Crippen LogP contribution >= 0.6 is 0 Å². The molecule has 0 heterocycles. The lowest BCUT2D eigenvalue weighted by molar-refractivity contribution is 0.133. The molecule has 0 aliphatic heterocycles. The van der Waals surface area contributed by atoms with Gasteiger partial charge in [0.1, 0.15) is 6.07 Å². The van der Waals surface area contributed by atoms with E-state index in [1.807, 2.05) is 12.1 Å². The number of hydrogen-bond acceptors (Lipinski definition) is 2. The highest BCUT2D eigenvalue weighted by molar-refractivity contribution is 5.16. The zero-order valence-corrected chi connectivity index (χ0v) is 5.17. The van der Waals surface area contributed by atoms with Gasteiger partial charge < -0.3 is 5.11 Å².